The lowest BCUT2D eigenvalue weighted by atomic mass is 10.2. The van der Waals surface area contributed by atoms with Gasteiger partial charge in [-0.25, -0.2) is 4.98 Å². The lowest BCUT2D eigenvalue weighted by molar-refractivity contribution is 0.0946. The molecule has 2 aromatic heterocycles. The summed E-state index contributed by atoms with van der Waals surface area (Å²) < 4.78 is 5.21. The van der Waals surface area contributed by atoms with Gasteiger partial charge in [0.25, 0.3) is 5.91 Å². The number of nitrogens with one attached hydrogen (secondary N) is 1. The highest BCUT2D eigenvalue weighted by Gasteiger charge is 2.13. The second-order valence-electron chi connectivity index (χ2n) is 5.72. The van der Waals surface area contributed by atoms with E-state index in [2.05, 4.69) is 27.3 Å². The van der Waals surface area contributed by atoms with Gasteiger partial charge < -0.3 is 14.7 Å². The molecule has 1 fully saturated rings. The molecule has 0 unspecified atom stereocenters. The number of nitrogens with zero attached hydrogens (tertiary/aromatic N) is 3. The SMILES string of the molecule is CCCc1cc(CNC(=O)c2ccc(N3CCSCC3)nc2)on1. The zero-order valence-corrected chi connectivity index (χ0v) is 14.6. The van der Waals surface area contributed by atoms with Crippen LogP contribution >= 0.6 is 11.8 Å². The summed E-state index contributed by atoms with van der Waals surface area (Å²) in [5.74, 6) is 3.70. The van der Waals surface area contributed by atoms with E-state index in [1.54, 1.807) is 6.20 Å². The van der Waals surface area contributed by atoms with Crippen molar-refractivity contribution in [2.24, 2.45) is 0 Å². The zero-order valence-electron chi connectivity index (χ0n) is 13.8. The summed E-state index contributed by atoms with van der Waals surface area (Å²) in [5, 5.41) is 6.81. The molecule has 0 aromatic carbocycles. The van der Waals surface area contributed by atoms with Gasteiger partial charge in [0, 0.05) is 36.9 Å². The number of aromatic nitrogens is 2. The Balaban J connectivity index is 1.54. The van der Waals surface area contributed by atoms with Crippen LogP contribution in [0.4, 0.5) is 5.82 Å². The Kier molecular flexibility index (Phi) is 5.74. The molecule has 128 valence electrons. The first-order chi connectivity index (χ1) is 11.8. The average Bonchev–Trinajstić information content (AvgIpc) is 3.08. The number of pyridine rings is 1. The quantitative estimate of drug-likeness (QED) is 0.866. The molecule has 6 nitrogen and oxygen atoms in total. The fourth-order valence-electron chi connectivity index (χ4n) is 2.58. The van der Waals surface area contributed by atoms with Gasteiger partial charge in [0.05, 0.1) is 17.8 Å². The summed E-state index contributed by atoms with van der Waals surface area (Å²) >= 11 is 1.96. The summed E-state index contributed by atoms with van der Waals surface area (Å²) in [4.78, 5) is 18.9. The second kappa shape index (κ2) is 8.19. The van der Waals surface area contributed by atoms with E-state index in [9.17, 15) is 4.79 Å². The van der Waals surface area contributed by atoms with Crippen molar-refractivity contribution in [2.45, 2.75) is 26.3 Å². The Labute approximate surface area is 146 Å². The highest BCUT2D eigenvalue weighted by atomic mass is 32.2. The van der Waals surface area contributed by atoms with Gasteiger partial charge in [-0.3, -0.25) is 4.79 Å². The van der Waals surface area contributed by atoms with Crippen LogP contribution in [0.1, 0.15) is 35.2 Å². The van der Waals surface area contributed by atoms with Gasteiger partial charge >= 0.3 is 0 Å². The molecule has 0 saturated carbocycles. The number of hydrogen-bond donors (Lipinski definition) is 1. The van der Waals surface area contributed by atoms with Crippen molar-refractivity contribution in [3.63, 3.8) is 0 Å². The summed E-state index contributed by atoms with van der Waals surface area (Å²) in [7, 11) is 0. The van der Waals surface area contributed by atoms with Gasteiger partial charge in [0.15, 0.2) is 5.76 Å². The van der Waals surface area contributed by atoms with Crippen LogP contribution in [0.2, 0.25) is 0 Å². The molecule has 1 aliphatic heterocycles. The van der Waals surface area contributed by atoms with Crippen LogP contribution in [0.25, 0.3) is 0 Å². The van der Waals surface area contributed by atoms with Crippen molar-refractivity contribution in [3.05, 3.63) is 41.4 Å². The van der Waals surface area contributed by atoms with Gasteiger partial charge in [-0.2, -0.15) is 11.8 Å². The number of aryl methyl sites for hydroxylation is 1. The third-order valence-electron chi connectivity index (χ3n) is 3.88. The third-order valence-corrected chi connectivity index (χ3v) is 4.82. The zero-order chi connectivity index (χ0) is 16.8. The Morgan fingerprint density at radius 3 is 2.92 bits per heavy atom. The molecule has 0 bridgehead atoms. The van der Waals surface area contributed by atoms with Gasteiger partial charge in [-0.15, -0.1) is 0 Å². The van der Waals surface area contributed by atoms with E-state index in [-0.39, 0.29) is 5.91 Å². The molecule has 3 rings (SSSR count). The predicted molar refractivity (Wildman–Crippen MR) is 95.4 cm³/mol. The van der Waals surface area contributed by atoms with Crippen LogP contribution in [-0.2, 0) is 13.0 Å². The van der Waals surface area contributed by atoms with E-state index in [1.807, 2.05) is 30.0 Å². The number of carbonyl (C=O) groups is 1. The van der Waals surface area contributed by atoms with E-state index in [1.165, 1.54) is 0 Å². The average molecular weight is 346 g/mol. The lowest BCUT2D eigenvalue weighted by Crippen LogP contribution is -2.33. The molecular formula is C17H22N4O2S. The first-order valence-corrected chi connectivity index (χ1v) is 9.43. The maximum Gasteiger partial charge on any atom is 0.253 e. The maximum atomic E-state index is 12.2. The van der Waals surface area contributed by atoms with Crippen molar-refractivity contribution in [2.75, 3.05) is 29.5 Å². The van der Waals surface area contributed by atoms with Gasteiger partial charge in [-0.05, 0) is 18.6 Å². The Morgan fingerprint density at radius 2 is 2.21 bits per heavy atom. The fraction of sp³-hybridized carbons (Fsp3) is 0.471. The highest BCUT2D eigenvalue weighted by Crippen LogP contribution is 2.17. The molecular weight excluding hydrogens is 324 g/mol. The lowest BCUT2D eigenvalue weighted by Gasteiger charge is -2.27. The van der Waals surface area contributed by atoms with Crippen LogP contribution in [-0.4, -0.2) is 40.6 Å². The minimum absolute atomic E-state index is 0.156. The normalized spacial score (nSPS) is 14.6. The second-order valence-corrected chi connectivity index (χ2v) is 6.95. The van der Waals surface area contributed by atoms with E-state index >= 15 is 0 Å². The van der Waals surface area contributed by atoms with Crippen molar-refractivity contribution in [3.8, 4) is 0 Å². The minimum atomic E-state index is -0.156. The van der Waals surface area contributed by atoms with Crippen LogP contribution in [0.15, 0.2) is 28.9 Å². The molecule has 24 heavy (non-hydrogen) atoms. The van der Waals surface area contributed by atoms with E-state index in [0.29, 0.717) is 17.9 Å². The Morgan fingerprint density at radius 1 is 1.38 bits per heavy atom. The first-order valence-electron chi connectivity index (χ1n) is 8.27. The smallest absolute Gasteiger partial charge is 0.253 e. The van der Waals surface area contributed by atoms with Gasteiger partial charge in [0.2, 0.25) is 0 Å². The molecule has 0 aliphatic carbocycles. The standard InChI is InChI=1S/C17H22N4O2S/c1-2-3-14-10-15(23-20-14)12-19-17(22)13-4-5-16(18-11-13)21-6-8-24-9-7-21/h4-5,10-11H,2-3,6-9,12H2,1H3,(H,19,22). The maximum absolute atomic E-state index is 12.2. The fourth-order valence-corrected chi connectivity index (χ4v) is 3.49. The van der Waals surface area contributed by atoms with E-state index in [4.69, 9.17) is 4.52 Å². The van der Waals surface area contributed by atoms with Crippen LogP contribution in [0.5, 0.6) is 0 Å². The molecule has 1 N–H and O–H groups in total. The number of hydrogen-bond acceptors (Lipinski definition) is 6. The summed E-state index contributed by atoms with van der Waals surface area (Å²) in [6.07, 6.45) is 3.54. The molecule has 0 atom stereocenters. The van der Waals surface area contributed by atoms with Crippen molar-refractivity contribution >= 4 is 23.5 Å². The van der Waals surface area contributed by atoms with Gasteiger partial charge in [0.1, 0.15) is 5.82 Å². The monoisotopic (exact) mass is 346 g/mol. The van der Waals surface area contributed by atoms with E-state index in [0.717, 1.165) is 48.9 Å². The Hall–Kier alpha value is -2.02. The molecule has 1 amide bonds. The molecule has 0 spiro atoms. The number of amides is 1. The number of thioether (sulfide) groups is 1. The molecule has 0 radical (unpaired) electrons. The molecule has 3 heterocycles. The van der Waals surface area contributed by atoms with Crippen LogP contribution in [0.3, 0.4) is 0 Å². The molecule has 1 aliphatic rings. The summed E-state index contributed by atoms with van der Waals surface area (Å²) in [6, 6.07) is 5.63. The summed E-state index contributed by atoms with van der Waals surface area (Å²) in [6.45, 7) is 4.44. The summed E-state index contributed by atoms with van der Waals surface area (Å²) in [5.41, 5.74) is 1.48. The van der Waals surface area contributed by atoms with Crippen molar-refractivity contribution in [1.82, 2.24) is 15.5 Å². The highest BCUT2D eigenvalue weighted by molar-refractivity contribution is 7.99. The van der Waals surface area contributed by atoms with Crippen LogP contribution < -0.4 is 10.2 Å². The first kappa shape index (κ1) is 16.8. The number of anilines is 1. The number of rotatable bonds is 6. The molecule has 7 heteroatoms. The van der Waals surface area contributed by atoms with Crippen LogP contribution in [0, 0.1) is 0 Å². The predicted octanol–water partition coefficient (Wildman–Crippen LogP) is 2.51. The van der Waals surface area contributed by atoms with Crippen molar-refractivity contribution in [1.29, 1.82) is 0 Å². The minimum Gasteiger partial charge on any atom is -0.359 e. The Bertz CT molecular complexity index is 665. The molecule has 2 aromatic rings. The topological polar surface area (TPSA) is 71.3 Å². The third kappa shape index (κ3) is 4.29. The van der Waals surface area contributed by atoms with Crippen molar-refractivity contribution < 1.29 is 9.32 Å². The number of carbonyl (C=O) groups excluding carboxylic acids is 1. The molecule has 1 saturated heterocycles. The van der Waals surface area contributed by atoms with Gasteiger partial charge in [-0.1, -0.05) is 18.5 Å². The van der Waals surface area contributed by atoms with E-state index < -0.39 is 0 Å². The largest absolute Gasteiger partial charge is 0.359 e.